The molecule has 2 aromatic rings. The van der Waals surface area contributed by atoms with E-state index in [4.69, 9.17) is 9.84 Å². The van der Waals surface area contributed by atoms with Crippen molar-refractivity contribution < 1.29 is 24.2 Å². The molecule has 1 saturated carbocycles. The third-order valence-corrected chi connectivity index (χ3v) is 6.96. The first kappa shape index (κ1) is 23.8. The van der Waals surface area contributed by atoms with Gasteiger partial charge in [0.2, 0.25) is 5.91 Å². The van der Waals surface area contributed by atoms with Crippen LogP contribution < -0.4 is 5.32 Å². The Labute approximate surface area is 200 Å². The highest BCUT2D eigenvalue weighted by Gasteiger charge is 2.34. The molecule has 2 atom stereocenters. The van der Waals surface area contributed by atoms with Crippen LogP contribution in [-0.4, -0.2) is 53.7 Å². The van der Waals surface area contributed by atoms with Crippen molar-refractivity contribution in [2.24, 2.45) is 5.92 Å². The summed E-state index contributed by atoms with van der Waals surface area (Å²) in [5.74, 6) is -0.940. The summed E-state index contributed by atoms with van der Waals surface area (Å²) >= 11 is 0. The van der Waals surface area contributed by atoms with Crippen LogP contribution in [0.15, 0.2) is 48.5 Å². The van der Waals surface area contributed by atoms with E-state index in [2.05, 4.69) is 29.6 Å². The minimum absolute atomic E-state index is 0.0139. The second-order valence-corrected chi connectivity index (χ2v) is 9.09. The van der Waals surface area contributed by atoms with Crippen molar-refractivity contribution in [2.75, 3.05) is 19.7 Å². The molecule has 2 N–H and O–H groups in total. The summed E-state index contributed by atoms with van der Waals surface area (Å²) in [7, 11) is 0. The number of fused-ring (bicyclic) bond motifs is 3. The van der Waals surface area contributed by atoms with Crippen molar-refractivity contribution in [2.45, 2.75) is 51.0 Å². The third kappa shape index (κ3) is 5.24. The number of hydrogen-bond acceptors (Lipinski definition) is 4. The summed E-state index contributed by atoms with van der Waals surface area (Å²) in [4.78, 5) is 37.9. The number of aliphatic carboxylic acids is 1. The first-order valence-corrected chi connectivity index (χ1v) is 12.1. The van der Waals surface area contributed by atoms with Gasteiger partial charge >= 0.3 is 12.1 Å². The Balaban J connectivity index is 1.28. The Bertz CT molecular complexity index is 1010. The van der Waals surface area contributed by atoms with Crippen LogP contribution in [0, 0.1) is 5.92 Å². The van der Waals surface area contributed by atoms with Gasteiger partial charge in [0.15, 0.2) is 0 Å². The lowest BCUT2D eigenvalue weighted by molar-refractivity contribution is -0.139. The van der Waals surface area contributed by atoms with E-state index < -0.39 is 12.1 Å². The molecule has 4 rings (SSSR count). The van der Waals surface area contributed by atoms with E-state index in [0.717, 1.165) is 6.42 Å². The fourth-order valence-electron chi connectivity index (χ4n) is 5.25. The van der Waals surface area contributed by atoms with Crippen molar-refractivity contribution in [1.29, 1.82) is 0 Å². The van der Waals surface area contributed by atoms with Gasteiger partial charge in [0.25, 0.3) is 0 Å². The molecule has 0 unspecified atom stereocenters. The number of carbonyl (C=O) groups is 3. The fraction of sp³-hybridized carbons (Fsp3) is 0.444. The maximum atomic E-state index is 12.9. The van der Waals surface area contributed by atoms with Crippen LogP contribution in [0.5, 0.6) is 0 Å². The predicted octanol–water partition coefficient (Wildman–Crippen LogP) is 4.41. The van der Waals surface area contributed by atoms with Gasteiger partial charge in [0, 0.05) is 37.4 Å². The molecule has 1 fully saturated rings. The number of benzene rings is 2. The van der Waals surface area contributed by atoms with Crippen molar-refractivity contribution in [1.82, 2.24) is 10.2 Å². The van der Waals surface area contributed by atoms with Gasteiger partial charge in [-0.2, -0.15) is 0 Å². The molecule has 2 aliphatic rings. The van der Waals surface area contributed by atoms with Crippen LogP contribution >= 0.6 is 0 Å². The number of amides is 2. The summed E-state index contributed by atoms with van der Waals surface area (Å²) in [6.07, 6.45) is 2.08. The SMILES string of the molecule is CCN(CCCC(=O)O)C(=O)[C@H]1CC[C@@H](NC(=O)OCC2c3ccccc3-c3ccccc32)C1. The summed E-state index contributed by atoms with van der Waals surface area (Å²) in [6, 6.07) is 16.3. The molecule has 0 spiro atoms. The highest BCUT2D eigenvalue weighted by molar-refractivity contribution is 5.80. The van der Waals surface area contributed by atoms with Crippen LogP contribution in [0.4, 0.5) is 4.79 Å². The molecule has 7 heteroatoms. The van der Waals surface area contributed by atoms with Crippen LogP contribution in [0.3, 0.4) is 0 Å². The second kappa shape index (κ2) is 10.7. The molecule has 34 heavy (non-hydrogen) atoms. The smallest absolute Gasteiger partial charge is 0.407 e. The quantitative estimate of drug-likeness (QED) is 0.573. The zero-order chi connectivity index (χ0) is 24.1. The number of carboxylic acids is 1. The highest BCUT2D eigenvalue weighted by atomic mass is 16.5. The maximum absolute atomic E-state index is 12.9. The number of nitrogens with one attached hydrogen (secondary N) is 1. The van der Waals surface area contributed by atoms with Gasteiger partial charge in [0.1, 0.15) is 6.61 Å². The lowest BCUT2D eigenvalue weighted by Crippen LogP contribution is -2.38. The highest BCUT2D eigenvalue weighted by Crippen LogP contribution is 2.44. The van der Waals surface area contributed by atoms with Gasteiger partial charge in [-0.15, -0.1) is 0 Å². The van der Waals surface area contributed by atoms with Crippen molar-refractivity contribution in [3.8, 4) is 11.1 Å². The summed E-state index contributed by atoms with van der Waals surface area (Å²) in [5, 5.41) is 11.8. The van der Waals surface area contributed by atoms with Crippen LogP contribution in [0.25, 0.3) is 11.1 Å². The van der Waals surface area contributed by atoms with Crippen molar-refractivity contribution in [3.63, 3.8) is 0 Å². The molecular formula is C27H32N2O5. The number of hydrogen-bond donors (Lipinski definition) is 2. The topological polar surface area (TPSA) is 95.9 Å². The minimum atomic E-state index is -0.850. The maximum Gasteiger partial charge on any atom is 0.407 e. The fourth-order valence-corrected chi connectivity index (χ4v) is 5.25. The Morgan fingerprint density at radius 1 is 1.03 bits per heavy atom. The zero-order valence-corrected chi connectivity index (χ0v) is 19.5. The number of carboxylic acid groups (broad SMARTS) is 1. The number of rotatable bonds is 9. The van der Waals surface area contributed by atoms with E-state index in [1.165, 1.54) is 22.3 Å². The summed E-state index contributed by atoms with van der Waals surface area (Å²) in [5.41, 5.74) is 4.72. The van der Waals surface area contributed by atoms with Gasteiger partial charge in [0.05, 0.1) is 0 Å². The largest absolute Gasteiger partial charge is 0.481 e. The molecule has 7 nitrogen and oxygen atoms in total. The lowest BCUT2D eigenvalue weighted by atomic mass is 9.98. The van der Waals surface area contributed by atoms with Gasteiger partial charge < -0.3 is 20.1 Å². The van der Waals surface area contributed by atoms with Crippen LogP contribution in [-0.2, 0) is 14.3 Å². The van der Waals surface area contributed by atoms with Crippen LogP contribution in [0.2, 0.25) is 0 Å². The molecule has 0 saturated heterocycles. The van der Waals surface area contributed by atoms with Gasteiger partial charge in [-0.05, 0) is 54.9 Å². The average Bonchev–Trinajstić information content (AvgIpc) is 3.42. The second-order valence-electron chi connectivity index (χ2n) is 9.09. The first-order valence-electron chi connectivity index (χ1n) is 12.1. The normalized spacial score (nSPS) is 18.7. The molecule has 0 bridgehead atoms. The Kier molecular flexibility index (Phi) is 7.50. The average molecular weight is 465 g/mol. The minimum Gasteiger partial charge on any atom is -0.481 e. The third-order valence-electron chi connectivity index (χ3n) is 6.96. The molecule has 0 radical (unpaired) electrons. The van der Waals surface area contributed by atoms with Gasteiger partial charge in [-0.25, -0.2) is 4.79 Å². The molecular weight excluding hydrogens is 432 g/mol. The number of alkyl carbamates (subject to hydrolysis) is 1. The zero-order valence-electron chi connectivity index (χ0n) is 19.5. The van der Waals surface area contributed by atoms with E-state index in [1.807, 2.05) is 31.2 Å². The molecule has 180 valence electrons. The number of nitrogens with zero attached hydrogens (tertiary/aromatic N) is 1. The van der Waals surface area contributed by atoms with Crippen molar-refractivity contribution in [3.05, 3.63) is 59.7 Å². The van der Waals surface area contributed by atoms with E-state index in [-0.39, 0.29) is 36.8 Å². The Morgan fingerprint density at radius 2 is 1.68 bits per heavy atom. The number of carbonyl (C=O) groups excluding carboxylic acids is 2. The molecule has 0 aromatic heterocycles. The standard InChI is InChI=1S/C27H32N2O5/c1-2-29(15-7-12-25(30)31)26(32)18-13-14-19(16-18)28-27(33)34-17-24-22-10-5-3-8-20(22)21-9-4-6-11-23(21)24/h3-6,8-11,18-19,24H,2,7,12-17H2,1H3,(H,28,33)(H,30,31)/t18-,19+/m0/s1. The molecule has 0 aliphatic heterocycles. The first-order chi connectivity index (χ1) is 16.5. The van der Waals surface area contributed by atoms with Gasteiger partial charge in [-0.3, -0.25) is 9.59 Å². The molecule has 2 aliphatic carbocycles. The number of ether oxygens (including phenoxy) is 1. The summed E-state index contributed by atoms with van der Waals surface area (Å²) in [6.45, 7) is 3.17. The van der Waals surface area contributed by atoms with E-state index in [0.29, 0.717) is 32.4 Å². The van der Waals surface area contributed by atoms with Crippen LogP contribution in [0.1, 0.15) is 56.1 Å². The molecule has 2 amide bonds. The molecule has 2 aromatic carbocycles. The van der Waals surface area contributed by atoms with E-state index >= 15 is 0 Å². The molecule has 0 heterocycles. The van der Waals surface area contributed by atoms with E-state index in [9.17, 15) is 14.4 Å². The Morgan fingerprint density at radius 3 is 2.29 bits per heavy atom. The summed E-state index contributed by atoms with van der Waals surface area (Å²) < 4.78 is 5.64. The monoisotopic (exact) mass is 464 g/mol. The van der Waals surface area contributed by atoms with E-state index in [1.54, 1.807) is 4.90 Å². The Hall–Kier alpha value is -3.35. The lowest BCUT2D eigenvalue weighted by Gasteiger charge is -2.24. The van der Waals surface area contributed by atoms with Gasteiger partial charge in [-0.1, -0.05) is 48.5 Å². The van der Waals surface area contributed by atoms with Crippen molar-refractivity contribution >= 4 is 18.0 Å². The predicted molar refractivity (Wildman–Crippen MR) is 128 cm³/mol.